The zero-order valence-corrected chi connectivity index (χ0v) is 12.3. The Morgan fingerprint density at radius 2 is 1.70 bits per heavy atom. The third kappa shape index (κ3) is 3.10. The molecule has 20 heavy (non-hydrogen) atoms. The highest BCUT2D eigenvalue weighted by atomic mass is 79.9. The molecule has 0 amide bonds. The normalized spacial score (nSPS) is 10.4. The summed E-state index contributed by atoms with van der Waals surface area (Å²) in [6.07, 6.45) is 0. The molecule has 104 valence electrons. The fourth-order valence-electron chi connectivity index (χ4n) is 1.62. The van der Waals surface area contributed by atoms with Gasteiger partial charge in [0.15, 0.2) is 5.82 Å². The molecular weight excluding hydrogens is 353 g/mol. The van der Waals surface area contributed by atoms with Gasteiger partial charge in [-0.2, -0.15) is 0 Å². The van der Waals surface area contributed by atoms with Gasteiger partial charge in [-0.3, -0.25) is 0 Å². The third-order valence-electron chi connectivity index (χ3n) is 2.49. The van der Waals surface area contributed by atoms with Crippen LogP contribution in [0.25, 0.3) is 0 Å². The fourth-order valence-corrected chi connectivity index (χ4v) is 2.48. The first kappa shape index (κ1) is 14.8. The summed E-state index contributed by atoms with van der Waals surface area (Å²) in [6, 6.07) is 5.73. The lowest BCUT2D eigenvalue weighted by molar-refractivity contribution is 0.584. The number of halogens is 4. The van der Waals surface area contributed by atoms with Crippen molar-refractivity contribution in [3.63, 3.8) is 0 Å². The third-order valence-corrected chi connectivity index (χ3v) is 3.48. The van der Waals surface area contributed by atoms with Crippen molar-refractivity contribution in [2.24, 2.45) is 5.73 Å². The lowest BCUT2D eigenvalue weighted by atomic mass is 10.2. The molecule has 0 unspecified atom stereocenters. The molecule has 0 spiro atoms. The van der Waals surface area contributed by atoms with Crippen LogP contribution in [0.2, 0.25) is 0 Å². The van der Waals surface area contributed by atoms with Crippen LogP contribution in [0.5, 0.6) is 0 Å². The van der Waals surface area contributed by atoms with Crippen molar-refractivity contribution in [2.45, 2.75) is 0 Å². The molecule has 0 fully saturated rings. The quantitative estimate of drug-likeness (QED) is 0.803. The Labute approximate surface area is 126 Å². The first-order valence-electron chi connectivity index (χ1n) is 5.39. The number of hydrogen-bond acceptors (Lipinski definition) is 2. The summed E-state index contributed by atoms with van der Waals surface area (Å²) < 4.78 is 40.3. The fraction of sp³-hybridized carbons (Fsp3) is 0. The van der Waals surface area contributed by atoms with Crippen molar-refractivity contribution in [3.8, 4) is 0 Å². The maximum atomic E-state index is 14.1. The number of rotatable bonds is 3. The van der Waals surface area contributed by atoms with Gasteiger partial charge in [0.2, 0.25) is 0 Å². The molecule has 2 aromatic carbocycles. The SMILES string of the molecule is NC(=S)c1ccc(Nc2cc(F)cc(F)c2)c(F)c1Br. The molecule has 2 rings (SSSR count). The lowest BCUT2D eigenvalue weighted by Crippen LogP contribution is -2.11. The summed E-state index contributed by atoms with van der Waals surface area (Å²) >= 11 is 7.82. The maximum Gasteiger partial charge on any atom is 0.161 e. The van der Waals surface area contributed by atoms with E-state index in [-0.39, 0.29) is 20.8 Å². The number of nitrogens with two attached hydrogens (primary N) is 1. The van der Waals surface area contributed by atoms with Gasteiger partial charge in [-0.15, -0.1) is 0 Å². The van der Waals surface area contributed by atoms with Crippen molar-refractivity contribution < 1.29 is 13.2 Å². The van der Waals surface area contributed by atoms with Crippen LogP contribution >= 0.6 is 28.1 Å². The minimum Gasteiger partial charge on any atom is -0.389 e. The molecule has 3 N–H and O–H groups in total. The molecule has 0 atom stereocenters. The summed E-state index contributed by atoms with van der Waals surface area (Å²) in [4.78, 5) is 0.0409. The molecule has 0 saturated carbocycles. The van der Waals surface area contributed by atoms with E-state index in [4.69, 9.17) is 18.0 Å². The highest BCUT2D eigenvalue weighted by molar-refractivity contribution is 9.10. The van der Waals surface area contributed by atoms with Gasteiger partial charge in [0.25, 0.3) is 0 Å². The molecule has 0 bridgehead atoms. The number of anilines is 2. The zero-order valence-electron chi connectivity index (χ0n) is 9.88. The minimum absolute atomic E-state index is 0.0409. The van der Waals surface area contributed by atoms with E-state index < -0.39 is 17.5 Å². The lowest BCUT2D eigenvalue weighted by Gasteiger charge is -2.11. The van der Waals surface area contributed by atoms with E-state index in [0.717, 1.165) is 18.2 Å². The molecule has 0 saturated heterocycles. The standard InChI is InChI=1S/C13H8BrF3N2S/c14-11-9(13(18)20)1-2-10(12(11)17)19-8-4-6(15)3-7(16)5-8/h1-5,19H,(H2,18,20). The highest BCUT2D eigenvalue weighted by Gasteiger charge is 2.13. The van der Waals surface area contributed by atoms with Crippen LogP contribution in [0.1, 0.15) is 5.56 Å². The molecule has 0 heterocycles. The average Bonchev–Trinajstić information content (AvgIpc) is 2.33. The van der Waals surface area contributed by atoms with E-state index in [1.807, 2.05) is 0 Å². The molecule has 2 aromatic rings. The van der Waals surface area contributed by atoms with E-state index in [9.17, 15) is 13.2 Å². The number of thiocarbonyl (C=S) groups is 1. The number of nitrogens with one attached hydrogen (secondary N) is 1. The molecule has 0 aliphatic heterocycles. The summed E-state index contributed by atoms with van der Waals surface area (Å²) in [5.41, 5.74) is 5.92. The second-order valence-corrected chi connectivity index (χ2v) is 5.17. The molecule has 0 aliphatic rings. The smallest absolute Gasteiger partial charge is 0.161 e. The van der Waals surface area contributed by atoms with E-state index in [1.165, 1.54) is 12.1 Å². The van der Waals surface area contributed by atoms with Gasteiger partial charge in [0.05, 0.1) is 10.2 Å². The van der Waals surface area contributed by atoms with Crippen molar-refractivity contribution in [1.29, 1.82) is 0 Å². The van der Waals surface area contributed by atoms with Crippen LogP contribution in [0.15, 0.2) is 34.8 Å². The Morgan fingerprint density at radius 3 is 2.25 bits per heavy atom. The second-order valence-electron chi connectivity index (χ2n) is 3.94. The van der Waals surface area contributed by atoms with Crippen molar-refractivity contribution in [3.05, 3.63) is 57.8 Å². The van der Waals surface area contributed by atoms with Gasteiger partial charge in [-0.25, -0.2) is 13.2 Å². The molecule has 0 radical (unpaired) electrons. The molecule has 7 heteroatoms. The maximum absolute atomic E-state index is 14.1. The van der Waals surface area contributed by atoms with Gasteiger partial charge in [0, 0.05) is 17.3 Å². The Balaban J connectivity index is 2.39. The van der Waals surface area contributed by atoms with Gasteiger partial charge < -0.3 is 11.1 Å². The number of hydrogen-bond donors (Lipinski definition) is 2. The van der Waals surface area contributed by atoms with Crippen LogP contribution in [0.3, 0.4) is 0 Å². The largest absolute Gasteiger partial charge is 0.389 e. The van der Waals surface area contributed by atoms with Crippen molar-refractivity contribution in [1.82, 2.24) is 0 Å². The first-order chi connectivity index (χ1) is 9.38. The Bertz CT molecular complexity index is 671. The van der Waals surface area contributed by atoms with Crippen LogP contribution < -0.4 is 11.1 Å². The van der Waals surface area contributed by atoms with Crippen molar-refractivity contribution in [2.75, 3.05) is 5.32 Å². The summed E-state index contributed by atoms with van der Waals surface area (Å²) in [5.74, 6) is -2.17. The van der Waals surface area contributed by atoms with Gasteiger partial charge >= 0.3 is 0 Å². The summed E-state index contributed by atoms with van der Waals surface area (Å²) in [7, 11) is 0. The summed E-state index contributed by atoms with van der Waals surface area (Å²) in [5, 5.41) is 2.59. The topological polar surface area (TPSA) is 38.0 Å². The molecular formula is C13H8BrF3N2S. The molecule has 0 aliphatic carbocycles. The van der Waals surface area contributed by atoms with Crippen LogP contribution in [0, 0.1) is 17.5 Å². The molecule has 2 nitrogen and oxygen atoms in total. The number of benzene rings is 2. The summed E-state index contributed by atoms with van der Waals surface area (Å²) in [6.45, 7) is 0. The van der Waals surface area contributed by atoms with Gasteiger partial charge in [0.1, 0.15) is 16.6 Å². The highest BCUT2D eigenvalue weighted by Crippen LogP contribution is 2.29. The Kier molecular flexibility index (Phi) is 4.29. The van der Waals surface area contributed by atoms with Crippen molar-refractivity contribution >= 4 is 44.5 Å². The van der Waals surface area contributed by atoms with Gasteiger partial charge in [-0.05, 0) is 40.2 Å². The van der Waals surface area contributed by atoms with E-state index in [2.05, 4.69) is 21.2 Å². The van der Waals surface area contributed by atoms with Gasteiger partial charge in [-0.1, -0.05) is 12.2 Å². The minimum atomic E-state index is -0.758. The Morgan fingerprint density at radius 1 is 1.10 bits per heavy atom. The Hall–Kier alpha value is -1.60. The predicted octanol–water partition coefficient (Wildman–Crippen LogP) is 4.24. The monoisotopic (exact) mass is 360 g/mol. The van der Waals surface area contributed by atoms with E-state index in [0.29, 0.717) is 5.56 Å². The first-order valence-corrected chi connectivity index (χ1v) is 6.59. The van der Waals surface area contributed by atoms with Crippen LogP contribution in [-0.2, 0) is 0 Å². The van der Waals surface area contributed by atoms with Crippen LogP contribution in [-0.4, -0.2) is 4.99 Å². The van der Waals surface area contributed by atoms with Crippen LogP contribution in [0.4, 0.5) is 24.5 Å². The van der Waals surface area contributed by atoms with E-state index in [1.54, 1.807) is 0 Å². The predicted molar refractivity (Wildman–Crippen MR) is 79.6 cm³/mol. The average molecular weight is 361 g/mol. The van der Waals surface area contributed by atoms with E-state index >= 15 is 0 Å². The second kappa shape index (κ2) is 5.80. The zero-order chi connectivity index (χ0) is 14.9. The molecule has 0 aromatic heterocycles.